The summed E-state index contributed by atoms with van der Waals surface area (Å²) in [6, 6.07) is 31.4. The standard InChI is InChI=1S/C18H16B3N3/c1-4-10-16(11-5-1)21-23(17-12-6-2-7-13-17)19-22-20-24(21)18-14-8-3-9-15-18/h1-15,22H. The highest BCUT2D eigenvalue weighted by Gasteiger charge is 2.37. The van der Waals surface area contributed by atoms with Crippen molar-refractivity contribution in [1.82, 2.24) is 5.14 Å². The van der Waals surface area contributed by atoms with Crippen molar-refractivity contribution in [2.24, 2.45) is 0 Å². The fraction of sp³-hybridized carbons (Fsp3) is 0. The van der Waals surface area contributed by atoms with Gasteiger partial charge in [-0.3, -0.25) is 0 Å². The third kappa shape index (κ3) is 2.93. The molecule has 0 aliphatic carbocycles. The molecule has 6 heteroatoms. The van der Waals surface area contributed by atoms with Gasteiger partial charge in [-0.25, -0.2) is 0 Å². The molecule has 3 aromatic carbocycles. The van der Waals surface area contributed by atoms with Gasteiger partial charge < -0.3 is 14.6 Å². The average Bonchev–Trinajstić information content (AvgIpc) is 2.69. The number of rotatable bonds is 3. The van der Waals surface area contributed by atoms with E-state index in [-0.39, 0.29) is 6.98 Å². The van der Waals surface area contributed by atoms with E-state index in [0.29, 0.717) is 0 Å². The predicted octanol–water partition coefficient (Wildman–Crippen LogP) is 2.07. The molecule has 24 heavy (non-hydrogen) atoms. The Balaban J connectivity index is 1.79. The first kappa shape index (κ1) is 15.0. The Morgan fingerprint density at radius 3 is 1.46 bits per heavy atom. The van der Waals surface area contributed by atoms with Gasteiger partial charge in [0.2, 0.25) is 0 Å². The fourth-order valence-electron chi connectivity index (χ4n) is 3.05. The van der Waals surface area contributed by atoms with Crippen LogP contribution in [0.25, 0.3) is 0 Å². The van der Waals surface area contributed by atoms with Gasteiger partial charge in [0, 0.05) is 11.4 Å². The third-order valence-corrected chi connectivity index (χ3v) is 4.16. The number of hydrogen-bond donors (Lipinski definition) is 1. The molecule has 3 aromatic rings. The van der Waals surface area contributed by atoms with Gasteiger partial charge in [-0.2, -0.15) is 0 Å². The molecular formula is C18H16B3N3. The Morgan fingerprint density at radius 2 is 1.00 bits per heavy atom. The van der Waals surface area contributed by atoms with Gasteiger partial charge in [0.25, 0.3) is 0 Å². The average molecular weight is 307 g/mol. The molecule has 0 unspecified atom stereocenters. The van der Waals surface area contributed by atoms with Gasteiger partial charge >= 0.3 is 22.1 Å². The number of para-hydroxylation sites is 2. The van der Waals surface area contributed by atoms with E-state index < -0.39 is 0 Å². The minimum atomic E-state index is 0.0530. The van der Waals surface area contributed by atoms with E-state index in [9.17, 15) is 0 Å². The summed E-state index contributed by atoms with van der Waals surface area (Å²) in [6.45, 7) is 0.0530. The minimum absolute atomic E-state index is 0.0530. The minimum Gasteiger partial charge on any atom is -0.429 e. The van der Waals surface area contributed by atoms with Crippen LogP contribution in [0.2, 0.25) is 0 Å². The maximum absolute atomic E-state index is 3.28. The largest absolute Gasteiger partial charge is 0.429 e. The smallest absolute Gasteiger partial charge is 0.386 e. The molecule has 2 radical (unpaired) electrons. The molecule has 0 aromatic heterocycles. The van der Waals surface area contributed by atoms with Crippen LogP contribution in [0.5, 0.6) is 0 Å². The quantitative estimate of drug-likeness (QED) is 0.747. The van der Waals surface area contributed by atoms with E-state index in [2.05, 4.69) is 93.4 Å². The van der Waals surface area contributed by atoms with Crippen LogP contribution >= 0.6 is 0 Å². The van der Waals surface area contributed by atoms with E-state index in [4.69, 9.17) is 0 Å². The molecule has 0 spiro atoms. The zero-order valence-electron chi connectivity index (χ0n) is 13.3. The highest BCUT2D eigenvalue weighted by molar-refractivity contribution is 6.96. The van der Waals surface area contributed by atoms with E-state index in [1.54, 1.807) is 0 Å². The van der Waals surface area contributed by atoms with Crippen molar-refractivity contribution >= 4 is 38.9 Å². The zero-order valence-corrected chi connectivity index (χ0v) is 13.3. The van der Waals surface area contributed by atoms with E-state index in [0.717, 1.165) is 11.4 Å². The second kappa shape index (κ2) is 6.89. The molecule has 1 aliphatic heterocycles. The first-order valence-corrected chi connectivity index (χ1v) is 8.08. The Hall–Kier alpha value is -2.59. The SMILES string of the molecule is [B]1N[B]N(c2ccccc2)B(c2ccccc2)N1c1ccccc1. The van der Waals surface area contributed by atoms with Crippen molar-refractivity contribution in [2.75, 3.05) is 9.44 Å². The third-order valence-electron chi connectivity index (χ3n) is 4.16. The van der Waals surface area contributed by atoms with Gasteiger partial charge in [0.1, 0.15) is 0 Å². The maximum Gasteiger partial charge on any atom is 0.386 e. The summed E-state index contributed by atoms with van der Waals surface area (Å²) in [5.41, 5.74) is 3.53. The molecule has 1 fully saturated rings. The molecule has 4 rings (SSSR count). The summed E-state index contributed by atoms with van der Waals surface area (Å²) in [5, 5.41) is 3.28. The maximum atomic E-state index is 3.28. The van der Waals surface area contributed by atoms with Crippen molar-refractivity contribution in [3.05, 3.63) is 91.0 Å². The summed E-state index contributed by atoms with van der Waals surface area (Å²) in [7, 11) is 4.04. The molecule has 0 saturated carbocycles. The lowest BCUT2D eigenvalue weighted by Gasteiger charge is -2.43. The van der Waals surface area contributed by atoms with Gasteiger partial charge in [-0.15, -0.1) is 0 Å². The zero-order chi connectivity index (χ0) is 16.2. The Bertz CT molecular complexity index is 724. The van der Waals surface area contributed by atoms with Gasteiger partial charge in [-0.05, 0) is 29.7 Å². The lowest BCUT2D eigenvalue weighted by Crippen LogP contribution is -2.72. The number of benzene rings is 3. The topological polar surface area (TPSA) is 18.5 Å². The van der Waals surface area contributed by atoms with Crippen LogP contribution in [-0.2, 0) is 0 Å². The van der Waals surface area contributed by atoms with Gasteiger partial charge in [0.15, 0.2) is 0 Å². The summed E-state index contributed by atoms with van der Waals surface area (Å²) in [5.74, 6) is 0. The van der Waals surface area contributed by atoms with E-state index in [1.807, 2.05) is 27.2 Å². The summed E-state index contributed by atoms with van der Waals surface area (Å²) in [4.78, 5) is 0. The molecule has 112 valence electrons. The number of anilines is 2. The van der Waals surface area contributed by atoms with Crippen molar-refractivity contribution < 1.29 is 0 Å². The van der Waals surface area contributed by atoms with Crippen LogP contribution in [0.3, 0.4) is 0 Å². The fourth-order valence-corrected chi connectivity index (χ4v) is 3.05. The first-order valence-electron chi connectivity index (χ1n) is 8.08. The van der Waals surface area contributed by atoms with E-state index >= 15 is 0 Å². The summed E-state index contributed by atoms with van der Waals surface area (Å²) >= 11 is 0. The van der Waals surface area contributed by atoms with Crippen molar-refractivity contribution in [1.29, 1.82) is 0 Å². The van der Waals surface area contributed by atoms with Crippen LogP contribution < -0.4 is 20.0 Å². The normalized spacial score (nSPS) is 14.1. The highest BCUT2D eigenvalue weighted by atomic mass is 15.2. The molecule has 0 amide bonds. The van der Waals surface area contributed by atoms with Crippen LogP contribution in [0, 0.1) is 0 Å². The molecule has 1 heterocycles. The van der Waals surface area contributed by atoms with Crippen molar-refractivity contribution in [3.63, 3.8) is 0 Å². The van der Waals surface area contributed by atoms with Crippen LogP contribution in [0.1, 0.15) is 0 Å². The number of nitrogens with one attached hydrogen (secondary N) is 1. The highest BCUT2D eigenvalue weighted by Crippen LogP contribution is 2.21. The van der Waals surface area contributed by atoms with Crippen LogP contribution in [0.4, 0.5) is 11.4 Å². The molecule has 3 nitrogen and oxygen atoms in total. The Labute approximate surface area is 145 Å². The molecule has 0 atom stereocenters. The molecular weight excluding hydrogens is 291 g/mol. The second-order valence-electron chi connectivity index (χ2n) is 5.69. The predicted molar refractivity (Wildman–Crippen MR) is 104 cm³/mol. The number of hydrogen-bond acceptors (Lipinski definition) is 3. The molecule has 1 N–H and O–H groups in total. The van der Waals surface area contributed by atoms with Crippen molar-refractivity contribution in [2.45, 2.75) is 0 Å². The van der Waals surface area contributed by atoms with Crippen molar-refractivity contribution in [3.8, 4) is 0 Å². The summed E-state index contributed by atoms with van der Waals surface area (Å²) < 4.78 is 4.50. The monoisotopic (exact) mass is 307 g/mol. The van der Waals surface area contributed by atoms with Crippen LogP contribution in [-0.4, -0.2) is 22.1 Å². The Kier molecular flexibility index (Phi) is 4.30. The van der Waals surface area contributed by atoms with Gasteiger partial charge in [0.05, 0.1) is 0 Å². The number of nitrogens with zero attached hydrogens (tertiary/aromatic N) is 2. The Morgan fingerprint density at radius 1 is 0.583 bits per heavy atom. The van der Waals surface area contributed by atoms with Gasteiger partial charge in [-0.1, -0.05) is 66.7 Å². The molecule has 1 saturated heterocycles. The molecule has 1 aliphatic rings. The first-order chi connectivity index (χ1) is 11.9. The van der Waals surface area contributed by atoms with Crippen LogP contribution in [0.15, 0.2) is 91.0 Å². The lowest BCUT2D eigenvalue weighted by molar-refractivity contribution is 1.31. The lowest BCUT2D eigenvalue weighted by atomic mass is 9.54. The second-order valence-corrected chi connectivity index (χ2v) is 5.69. The van der Waals surface area contributed by atoms with E-state index in [1.165, 1.54) is 5.46 Å². The summed E-state index contributed by atoms with van der Waals surface area (Å²) in [6.07, 6.45) is 0. The molecule has 0 bridgehead atoms.